The molecule has 0 spiro atoms. The van der Waals surface area contributed by atoms with Gasteiger partial charge in [0.05, 0.1) is 4.92 Å². The number of non-ortho nitro benzene ring substituents is 1. The van der Waals surface area contributed by atoms with Gasteiger partial charge in [-0.3, -0.25) is 15.0 Å². The van der Waals surface area contributed by atoms with Crippen LogP contribution >= 0.6 is 0 Å². The standard InChI is InChI=1S/C14H21N3O2/c1-11-7-13(17(18)19)4-3-12(11)8-16-6-5-14(2,9-15)10-16/h3-4,7H,5-6,8-10,15H2,1-2H3. The third kappa shape index (κ3) is 3.11. The molecule has 1 fully saturated rings. The highest BCUT2D eigenvalue weighted by Crippen LogP contribution is 2.30. The van der Waals surface area contributed by atoms with Gasteiger partial charge in [-0.1, -0.05) is 13.0 Å². The number of nitro benzene ring substituents is 1. The molecule has 1 unspecified atom stereocenters. The summed E-state index contributed by atoms with van der Waals surface area (Å²) in [5.41, 5.74) is 8.32. The topological polar surface area (TPSA) is 72.4 Å². The van der Waals surface area contributed by atoms with Gasteiger partial charge in [-0.2, -0.15) is 0 Å². The van der Waals surface area contributed by atoms with Crippen LogP contribution in [-0.4, -0.2) is 29.5 Å². The van der Waals surface area contributed by atoms with Crippen molar-refractivity contribution in [2.24, 2.45) is 11.1 Å². The molecule has 1 aromatic rings. The lowest BCUT2D eigenvalue weighted by Crippen LogP contribution is -2.31. The first-order chi connectivity index (χ1) is 8.93. The monoisotopic (exact) mass is 263 g/mol. The Morgan fingerprint density at radius 3 is 2.79 bits per heavy atom. The van der Waals surface area contributed by atoms with Crippen LogP contribution in [0.5, 0.6) is 0 Å². The maximum Gasteiger partial charge on any atom is 0.269 e. The Hall–Kier alpha value is -1.46. The van der Waals surface area contributed by atoms with Crippen LogP contribution in [0.1, 0.15) is 24.5 Å². The molecule has 2 N–H and O–H groups in total. The molecule has 1 heterocycles. The molecule has 0 saturated carbocycles. The van der Waals surface area contributed by atoms with Gasteiger partial charge in [0.1, 0.15) is 0 Å². The minimum absolute atomic E-state index is 0.162. The van der Waals surface area contributed by atoms with E-state index >= 15 is 0 Å². The van der Waals surface area contributed by atoms with E-state index in [2.05, 4.69) is 11.8 Å². The van der Waals surface area contributed by atoms with Gasteiger partial charge in [0.2, 0.25) is 0 Å². The highest BCUT2D eigenvalue weighted by molar-refractivity contribution is 5.39. The van der Waals surface area contributed by atoms with Crippen molar-refractivity contribution in [3.8, 4) is 0 Å². The van der Waals surface area contributed by atoms with E-state index in [1.54, 1.807) is 12.1 Å². The molecule has 0 amide bonds. The second kappa shape index (κ2) is 5.27. The third-order valence-electron chi connectivity index (χ3n) is 4.06. The molecule has 1 aromatic carbocycles. The van der Waals surface area contributed by atoms with Gasteiger partial charge in [0.15, 0.2) is 0 Å². The maximum atomic E-state index is 10.7. The van der Waals surface area contributed by atoms with Crippen LogP contribution in [0.3, 0.4) is 0 Å². The predicted octanol–water partition coefficient (Wildman–Crippen LogP) is 2.07. The summed E-state index contributed by atoms with van der Waals surface area (Å²) in [5, 5.41) is 10.7. The van der Waals surface area contributed by atoms with Gasteiger partial charge in [0, 0.05) is 25.2 Å². The molecule has 0 aliphatic carbocycles. The molecule has 0 bridgehead atoms. The third-order valence-corrected chi connectivity index (χ3v) is 4.06. The number of benzene rings is 1. The Labute approximate surface area is 113 Å². The van der Waals surface area contributed by atoms with Crippen molar-refractivity contribution in [3.63, 3.8) is 0 Å². The Kier molecular flexibility index (Phi) is 3.87. The van der Waals surface area contributed by atoms with Crippen LogP contribution in [0.25, 0.3) is 0 Å². The normalized spacial score (nSPS) is 23.7. The van der Waals surface area contributed by atoms with E-state index in [1.807, 2.05) is 13.0 Å². The quantitative estimate of drug-likeness (QED) is 0.666. The van der Waals surface area contributed by atoms with Crippen molar-refractivity contribution >= 4 is 5.69 Å². The van der Waals surface area contributed by atoms with Crippen LogP contribution in [0, 0.1) is 22.5 Å². The largest absolute Gasteiger partial charge is 0.330 e. The number of aryl methyl sites for hydroxylation is 1. The van der Waals surface area contributed by atoms with Gasteiger partial charge in [-0.25, -0.2) is 0 Å². The maximum absolute atomic E-state index is 10.7. The van der Waals surface area contributed by atoms with Crippen molar-refractivity contribution in [3.05, 3.63) is 39.4 Å². The van der Waals surface area contributed by atoms with Crippen LogP contribution < -0.4 is 5.73 Å². The van der Waals surface area contributed by atoms with Gasteiger partial charge in [0.25, 0.3) is 5.69 Å². The second-order valence-electron chi connectivity index (χ2n) is 5.84. The van der Waals surface area contributed by atoms with Gasteiger partial charge in [-0.15, -0.1) is 0 Å². The summed E-state index contributed by atoms with van der Waals surface area (Å²) >= 11 is 0. The number of likely N-dealkylation sites (tertiary alicyclic amines) is 1. The van der Waals surface area contributed by atoms with Crippen LogP contribution in [-0.2, 0) is 6.54 Å². The van der Waals surface area contributed by atoms with Crippen molar-refractivity contribution < 1.29 is 4.92 Å². The number of hydrogen-bond donors (Lipinski definition) is 1. The number of nitrogens with two attached hydrogens (primary N) is 1. The van der Waals surface area contributed by atoms with E-state index in [0.29, 0.717) is 6.54 Å². The molecule has 1 aliphatic rings. The van der Waals surface area contributed by atoms with Crippen LogP contribution in [0.2, 0.25) is 0 Å². The molecule has 19 heavy (non-hydrogen) atoms. The first-order valence-corrected chi connectivity index (χ1v) is 6.60. The van der Waals surface area contributed by atoms with Crippen LogP contribution in [0.15, 0.2) is 18.2 Å². The highest BCUT2D eigenvalue weighted by Gasteiger charge is 2.32. The summed E-state index contributed by atoms with van der Waals surface area (Å²) in [5.74, 6) is 0. The lowest BCUT2D eigenvalue weighted by atomic mass is 9.90. The lowest BCUT2D eigenvalue weighted by Gasteiger charge is -2.23. The SMILES string of the molecule is Cc1cc([N+](=O)[O-])ccc1CN1CCC(C)(CN)C1. The molecule has 5 nitrogen and oxygen atoms in total. The van der Waals surface area contributed by atoms with Crippen molar-refractivity contribution in [2.75, 3.05) is 19.6 Å². The highest BCUT2D eigenvalue weighted by atomic mass is 16.6. The minimum atomic E-state index is -0.349. The first-order valence-electron chi connectivity index (χ1n) is 6.60. The Balaban J connectivity index is 2.06. The smallest absolute Gasteiger partial charge is 0.269 e. The average Bonchev–Trinajstić information content (AvgIpc) is 2.74. The number of rotatable bonds is 4. The molecular formula is C14H21N3O2. The van der Waals surface area contributed by atoms with Gasteiger partial charge in [-0.05, 0) is 43.0 Å². The zero-order valence-electron chi connectivity index (χ0n) is 11.6. The molecule has 1 aliphatic heterocycles. The van der Waals surface area contributed by atoms with Crippen molar-refractivity contribution in [1.82, 2.24) is 4.90 Å². The zero-order valence-corrected chi connectivity index (χ0v) is 11.6. The Bertz CT molecular complexity index is 490. The van der Waals surface area contributed by atoms with E-state index in [9.17, 15) is 10.1 Å². The zero-order chi connectivity index (χ0) is 14.0. The lowest BCUT2D eigenvalue weighted by molar-refractivity contribution is -0.384. The molecule has 104 valence electrons. The fourth-order valence-corrected chi connectivity index (χ4v) is 2.64. The van der Waals surface area contributed by atoms with E-state index in [4.69, 9.17) is 5.73 Å². The van der Waals surface area contributed by atoms with Gasteiger partial charge >= 0.3 is 0 Å². The summed E-state index contributed by atoms with van der Waals surface area (Å²) in [6, 6.07) is 5.10. The average molecular weight is 263 g/mol. The Morgan fingerprint density at radius 2 is 2.26 bits per heavy atom. The Morgan fingerprint density at radius 1 is 1.53 bits per heavy atom. The van der Waals surface area contributed by atoms with Crippen molar-refractivity contribution in [1.29, 1.82) is 0 Å². The molecule has 2 rings (SSSR count). The minimum Gasteiger partial charge on any atom is -0.330 e. The summed E-state index contributed by atoms with van der Waals surface area (Å²) in [6.07, 6.45) is 1.12. The van der Waals surface area contributed by atoms with Gasteiger partial charge < -0.3 is 5.73 Å². The van der Waals surface area contributed by atoms with Crippen molar-refractivity contribution in [2.45, 2.75) is 26.8 Å². The number of nitro groups is 1. The number of nitrogens with zero attached hydrogens (tertiary/aromatic N) is 2. The second-order valence-corrected chi connectivity index (χ2v) is 5.84. The summed E-state index contributed by atoms with van der Waals surface area (Å²) < 4.78 is 0. The van der Waals surface area contributed by atoms with Crippen LogP contribution in [0.4, 0.5) is 5.69 Å². The fourth-order valence-electron chi connectivity index (χ4n) is 2.64. The number of hydrogen-bond acceptors (Lipinski definition) is 4. The summed E-state index contributed by atoms with van der Waals surface area (Å²) in [4.78, 5) is 12.7. The first kappa shape index (κ1) is 14.0. The fraction of sp³-hybridized carbons (Fsp3) is 0.571. The van der Waals surface area contributed by atoms with E-state index in [1.165, 1.54) is 0 Å². The summed E-state index contributed by atoms with van der Waals surface area (Å²) in [7, 11) is 0. The molecule has 1 atom stereocenters. The predicted molar refractivity (Wildman–Crippen MR) is 74.9 cm³/mol. The van der Waals surface area contributed by atoms with E-state index in [-0.39, 0.29) is 16.0 Å². The molecule has 5 heteroatoms. The molecular weight excluding hydrogens is 242 g/mol. The van der Waals surface area contributed by atoms with E-state index in [0.717, 1.165) is 37.2 Å². The molecule has 0 aromatic heterocycles. The molecule has 0 radical (unpaired) electrons. The van der Waals surface area contributed by atoms with E-state index < -0.39 is 0 Å². The summed E-state index contributed by atoms with van der Waals surface area (Å²) in [6.45, 7) is 7.75. The molecule has 1 saturated heterocycles.